The highest BCUT2D eigenvalue weighted by molar-refractivity contribution is 7.92. The van der Waals surface area contributed by atoms with Crippen molar-refractivity contribution in [2.75, 3.05) is 16.7 Å². The average molecular weight is 204 g/mol. The summed E-state index contributed by atoms with van der Waals surface area (Å²) in [6.45, 7) is 0. The summed E-state index contributed by atoms with van der Waals surface area (Å²) in [6, 6.07) is 3.62. The molecule has 1 aromatic carbocycles. The second kappa shape index (κ2) is 3.21. The number of sulfonamides is 1. The van der Waals surface area contributed by atoms with E-state index in [-0.39, 0.29) is 11.4 Å². The molecule has 0 radical (unpaired) electrons. The van der Waals surface area contributed by atoms with E-state index in [1.54, 1.807) is 0 Å². The number of rotatable bonds is 2. The first-order valence-corrected chi connectivity index (χ1v) is 5.30. The minimum atomic E-state index is -3.33. The van der Waals surface area contributed by atoms with E-state index in [0.29, 0.717) is 0 Å². The molecule has 0 aliphatic carbocycles. The molecule has 0 unspecified atom stereocenters. The first-order chi connectivity index (χ1) is 5.88. The Kier molecular flexibility index (Phi) is 2.42. The molecule has 1 rings (SSSR count). The number of halogens is 1. The molecule has 0 atom stereocenters. The van der Waals surface area contributed by atoms with Crippen molar-refractivity contribution in [2.45, 2.75) is 0 Å². The molecule has 0 aromatic heterocycles. The summed E-state index contributed by atoms with van der Waals surface area (Å²) in [5, 5.41) is 0. The number of nitrogen functional groups attached to an aromatic ring is 1. The van der Waals surface area contributed by atoms with Crippen molar-refractivity contribution in [3.8, 4) is 0 Å². The summed E-state index contributed by atoms with van der Waals surface area (Å²) < 4.78 is 36.3. The van der Waals surface area contributed by atoms with Gasteiger partial charge in [0.2, 0.25) is 10.0 Å². The lowest BCUT2D eigenvalue weighted by molar-refractivity contribution is 0.606. The van der Waals surface area contributed by atoms with Crippen LogP contribution in [0.3, 0.4) is 0 Å². The third kappa shape index (κ3) is 2.90. The lowest BCUT2D eigenvalue weighted by Crippen LogP contribution is -2.09. The van der Waals surface area contributed by atoms with E-state index in [1.807, 2.05) is 0 Å². The van der Waals surface area contributed by atoms with Crippen molar-refractivity contribution in [3.63, 3.8) is 0 Å². The molecular weight excluding hydrogens is 195 g/mol. The van der Waals surface area contributed by atoms with E-state index >= 15 is 0 Å². The topological polar surface area (TPSA) is 72.2 Å². The monoisotopic (exact) mass is 204 g/mol. The Labute approximate surface area is 75.6 Å². The van der Waals surface area contributed by atoms with E-state index in [1.165, 1.54) is 12.1 Å². The fourth-order valence-corrected chi connectivity index (χ4v) is 1.38. The van der Waals surface area contributed by atoms with Crippen LogP contribution in [0.5, 0.6) is 0 Å². The van der Waals surface area contributed by atoms with Gasteiger partial charge in [-0.05, 0) is 18.2 Å². The van der Waals surface area contributed by atoms with Crippen LogP contribution < -0.4 is 10.5 Å². The SMILES string of the molecule is CS(=O)(=O)Nc1ccc(F)c(N)c1. The smallest absolute Gasteiger partial charge is 0.229 e. The molecule has 0 spiro atoms. The number of nitrogens with two attached hydrogens (primary N) is 1. The van der Waals surface area contributed by atoms with Gasteiger partial charge in [0.1, 0.15) is 5.82 Å². The summed E-state index contributed by atoms with van der Waals surface area (Å²) in [4.78, 5) is 0. The van der Waals surface area contributed by atoms with E-state index in [2.05, 4.69) is 4.72 Å². The molecule has 0 aliphatic rings. The summed E-state index contributed by atoms with van der Waals surface area (Å²) in [6.07, 6.45) is 1.01. The van der Waals surface area contributed by atoms with Gasteiger partial charge in [0, 0.05) is 0 Å². The molecule has 3 N–H and O–H groups in total. The van der Waals surface area contributed by atoms with Crippen molar-refractivity contribution in [3.05, 3.63) is 24.0 Å². The van der Waals surface area contributed by atoms with Crippen molar-refractivity contribution >= 4 is 21.4 Å². The summed E-state index contributed by atoms with van der Waals surface area (Å²) in [7, 11) is -3.33. The third-order valence-corrected chi connectivity index (χ3v) is 1.91. The van der Waals surface area contributed by atoms with E-state index in [0.717, 1.165) is 12.3 Å². The Morgan fingerprint density at radius 2 is 2.08 bits per heavy atom. The van der Waals surface area contributed by atoms with Crippen LogP contribution in [0, 0.1) is 5.82 Å². The zero-order valence-electron chi connectivity index (χ0n) is 6.91. The number of benzene rings is 1. The Hall–Kier alpha value is -1.30. The first kappa shape index (κ1) is 9.79. The van der Waals surface area contributed by atoms with Gasteiger partial charge in [0.25, 0.3) is 0 Å². The molecule has 1 aromatic rings. The van der Waals surface area contributed by atoms with Gasteiger partial charge in [0.05, 0.1) is 17.6 Å². The van der Waals surface area contributed by atoms with Crippen LogP contribution in [0.2, 0.25) is 0 Å². The molecule has 6 heteroatoms. The lowest BCUT2D eigenvalue weighted by Gasteiger charge is -2.04. The second-order valence-electron chi connectivity index (χ2n) is 2.61. The Balaban J connectivity index is 2.99. The van der Waals surface area contributed by atoms with E-state index < -0.39 is 15.8 Å². The van der Waals surface area contributed by atoms with Gasteiger partial charge >= 0.3 is 0 Å². The van der Waals surface area contributed by atoms with Crippen LogP contribution in [0.15, 0.2) is 18.2 Å². The fourth-order valence-electron chi connectivity index (χ4n) is 0.821. The van der Waals surface area contributed by atoms with Crippen molar-refractivity contribution in [1.29, 1.82) is 0 Å². The molecular formula is C7H9FN2O2S. The second-order valence-corrected chi connectivity index (χ2v) is 4.36. The summed E-state index contributed by atoms with van der Waals surface area (Å²) >= 11 is 0. The third-order valence-electron chi connectivity index (χ3n) is 1.30. The molecule has 4 nitrogen and oxygen atoms in total. The Morgan fingerprint density at radius 1 is 1.46 bits per heavy atom. The number of nitrogens with one attached hydrogen (secondary N) is 1. The van der Waals surface area contributed by atoms with Crippen LogP contribution in [0.1, 0.15) is 0 Å². The van der Waals surface area contributed by atoms with Gasteiger partial charge in [-0.2, -0.15) is 0 Å². The predicted molar refractivity (Wildman–Crippen MR) is 49.3 cm³/mol. The van der Waals surface area contributed by atoms with Gasteiger partial charge in [-0.1, -0.05) is 0 Å². The molecule has 0 bridgehead atoms. The van der Waals surface area contributed by atoms with Crippen LogP contribution in [-0.2, 0) is 10.0 Å². The molecule has 72 valence electrons. The standard InChI is InChI=1S/C7H9FN2O2S/c1-13(11,12)10-5-2-3-6(8)7(9)4-5/h2-4,10H,9H2,1H3. The summed E-state index contributed by atoms with van der Waals surface area (Å²) in [5.41, 5.74) is 5.39. The maximum absolute atomic E-state index is 12.6. The van der Waals surface area contributed by atoms with Crippen LogP contribution in [0.4, 0.5) is 15.8 Å². The molecule has 13 heavy (non-hydrogen) atoms. The zero-order chi connectivity index (χ0) is 10.1. The van der Waals surface area contributed by atoms with Crippen molar-refractivity contribution in [2.24, 2.45) is 0 Å². The quantitative estimate of drug-likeness (QED) is 0.699. The Morgan fingerprint density at radius 3 is 2.54 bits per heavy atom. The average Bonchev–Trinajstić information content (AvgIpc) is 1.94. The highest BCUT2D eigenvalue weighted by Crippen LogP contribution is 2.16. The molecule has 0 aliphatic heterocycles. The molecule has 0 amide bonds. The predicted octanol–water partition coefficient (Wildman–Crippen LogP) is 0.779. The summed E-state index contributed by atoms with van der Waals surface area (Å²) in [5.74, 6) is -0.570. The molecule has 0 saturated heterocycles. The maximum atomic E-state index is 12.6. The van der Waals surface area contributed by atoms with Gasteiger partial charge in [-0.3, -0.25) is 4.72 Å². The Bertz CT molecular complexity index is 417. The molecule has 0 saturated carbocycles. The zero-order valence-corrected chi connectivity index (χ0v) is 7.73. The number of hydrogen-bond donors (Lipinski definition) is 2. The van der Waals surface area contributed by atoms with E-state index in [4.69, 9.17) is 5.73 Å². The van der Waals surface area contributed by atoms with Crippen molar-refractivity contribution in [1.82, 2.24) is 0 Å². The first-order valence-electron chi connectivity index (χ1n) is 3.41. The minimum absolute atomic E-state index is 0.0892. The highest BCUT2D eigenvalue weighted by atomic mass is 32.2. The fraction of sp³-hybridized carbons (Fsp3) is 0.143. The van der Waals surface area contributed by atoms with Crippen molar-refractivity contribution < 1.29 is 12.8 Å². The largest absolute Gasteiger partial charge is 0.396 e. The molecule has 0 fully saturated rings. The normalized spacial score (nSPS) is 11.2. The maximum Gasteiger partial charge on any atom is 0.229 e. The highest BCUT2D eigenvalue weighted by Gasteiger charge is 2.03. The van der Waals surface area contributed by atoms with E-state index in [9.17, 15) is 12.8 Å². The minimum Gasteiger partial charge on any atom is -0.396 e. The number of hydrogen-bond acceptors (Lipinski definition) is 3. The van der Waals surface area contributed by atoms with Crippen LogP contribution in [-0.4, -0.2) is 14.7 Å². The van der Waals surface area contributed by atoms with Gasteiger partial charge < -0.3 is 5.73 Å². The number of anilines is 2. The lowest BCUT2D eigenvalue weighted by atomic mass is 10.3. The van der Waals surface area contributed by atoms with Crippen LogP contribution >= 0.6 is 0 Å². The van der Waals surface area contributed by atoms with Gasteiger partial charge in [0.15, 0.2) is 0 Å². The molecule has 0 heterocycles. The van der Waals surface area contributed by atoms with Gasteiger partial charge in [-0.15, -0.1) is 0 Å². The van der Waals surface area contributed by atoms with Crippen LogP contribution in [0.25, 0.3) is 0 Å². The van der Waals surface area contributed by atoms with Gasteiger partial charge in [-0.25, -0.2) is 12.8 Å².